The van der Waals surface area contributed by atoms with Crippen LogP contribution in [0.3, 0.4) is 0 Å². The maximum Gasteiger partial charge on any atom is 0.433 e. The predicted octanol–water partition coefficient (Wildman–Crippen LogP) is 5.09. The molecular weight excluding hydrogens is 635 g/mol. The van der Waals surface area contributed by atoms with Crippen molar-refractivity contribution in [1.29, 1.82) is 0 Å². The summed E-state index contributed by atoms with van der Waals surface area (Å²) in [7, 11) is 0. The fourth-order valence-electron chi connectivity index (χ4n) is 4.72. The van der Waals surface area contributed by atoms with Crippen LogP contribution >= 0.6 is 0 Å². The second kappa shape index (κ2) is 13.4. The SMILES string of the molecule is O=S(O)NC(c1cccnc1C(F)(F)F)c1c(F)cc(Oc2ncccc2-c2ccnc(N[C@@H]3CNC[C@@H](F)C3)n2)c(F)c1F. The van der Waals surface area contributed by atoms with Crippen molar-refractivity contribution in [3.63, 3.8) is 0 Å². The predicted molar refractivity (Wildman–Crippen MR) is 146 cm³/mol. The van der Waals surface area contributed by atoms with E-state index >= 15 is 13.2 Å². The van der Waals surface area contributed by atoms with Gasteiger partial charge >= 0.3 is 6.18 Å². The Bertz CT molecular complexity index is 1720. The molecule has 45 heavy (non-hydrogen) atoms. The number of pyridine rings is 2. The number of piperidine rings is 1. The summed E-state index contributed by atoms with van der Waals surface area (Å²) in [6, 6.07) is 3.92. The Hall–Kier alpha value is -4.26. The van der Waals surface area contributed by atoms with Gasteiger partial charge in [0.05, 0.1) is 17.3 Å². The van der Waals surface area contributed by atoms with Gasteiger partial charge in [-0.05, 0) is 24.3 Å². The second-order valence-electron chi connectivity index (χ2n) is 9.69. The average molecular weight is 658 g/mol. The van der Waals surface area contributed by atoms with E-state index in [-0.39, 0.29) is 42.1 Å². The smallest absolute Gasteiger partial charge is 0.433 e. The van der Waals surface area contributed by atoms with Gasteiger partial charge < -0.3 is 15.4 Å². The van der Waals surface area contributed by atoms with Crippen LogP contribution in [0.2, 0.25) is 0 Å². The first-order chi connectivity index (χ1) is 21.4. The Morgan fingerprint density at radius 1 is 1.02 bits per heavy atom. The number of halogens is 7. The molecule has 18 heteroatoms. The number of rotatable bonds is 9. The fraction of sp³-hybridized carbons (Fsp3) is 0.259. The first kappa shape index (κ1) is 32.1. The standard InChI is InChI=1S/C27H22F7N7O3S/c28-13-9-14(12-35-11-13)39-26-38-8-5-18(40-26)15-3-1-7-37-25(15)44-19-10-17(29)20(22(31)21(19)30)23(41-45(42)43)16-4-2-6-36-24(16)27(32,33)34/h1-8,10,13-14,23,35,41H,9,11-12H2,(H,42,43)(H,38,39,40)/t13-,14-,23?/m0/s1. The first-order valence-corrected chi connectivity index (χ1v) is 14.2. The maximum atomic E-state index is 15.5. The third kappa shape index (κ3) is 7.35. The number of anilines is 1. The normalized spacial score (nSPS) is 18.3. The fourth-order valence-corrected chi connectivity index (χ4v) is 5.17. The molecule has 0 aliphatic carbocycles. The van der Waals surface area contributed by atoms with Crippen LogP contribution in [0, 0.1) is 17.5 Å². The number of ether oxygens (including phenoxy) is 1. The minimum Gasteiger partial charge on any atom is -0.435 e. The Kier molecular flexibility index (Phi) is 9.56. The molecule has 1 aliphatic rings. The number of hydrogen-bond donors (Lipinski definition) is 4. The lowest BCUT2D eigenvalue weighted by Crippen LogP contribution is -2.44. The van der Waals surface area contributed by atoms with Crippen LogP contribution in [0.15, 0.2) is 55.0 Å². The molecule has 10 nitrogen and oxygen atoms in total. The lowest BCUT2D eigenvalue weighted by molar-refractivity contribution is -0.142. The molecule has 0 radical (unpaired) electrons. The molecule has 1 saturated heterocycles. The van der Waals surface area contributed by atoms with Crippen molar-refractivity contribution in [3.8, 4) is 22.9 Å². The Morgan fingerprint density at radius 2 is 1.78 bits per heavy atom. The van der Waals surface area contributed by atoms with Crippen LogP contribution in [-0.2, 0) is 17.4 Å². The van der Waals surface area contributed by atoms with Gasteiger partial charge in [-0.3, -0.25) is 9.54 Å². The summed E-state index contributed by atoms with van der Waals surface area (Å²) in [5, 5.41) is 5.94. The molecule has 3 aromatic heterocycles. The van der Waals surface area contributed by atoms with Gasteiger partial charge in [-0.15, -0.1) is 0 Å². The number of aromatic nitrogens is 4. The lowest BCUT2D eigenvalue weighted by atomic mass is 9.96. The Balaban J connectivity index is 1.49. The van der Waals surface area contributed by atoms with Crippen molar-refractivity contribution in [3.05, 3.63) is 89.3 Å². The van der Waals surface area contributed by atoms with Gasteiger partial charge in [0.2, 0.25) is 28.9 Å². The van der Waals surface area contributed by atoms with Crippen molar-refractivity contribution in [2.75, 3.05) is 18.4 Å². The number of benzene rings is 1. The highest BCUT2D eigenvalue weighted by molar-refractivity contribution is 7.77. The van der Waals surface area contributed by atoms with Crippen molar-refractivity contribution in [1.82, 2.24) is 30.0 Å². The topological polar surface area (TPSA) is 134 Å². The van der Waals surface area contributed by atoms with Gasteiger partial charge in [0, 0.05) is 61.3 Å². The average Bonchev–Trinajstić information content (AvgIpc) is 2.99. The van der Waals surface area contributed by atoms with E-state index in [1.54, 1.807) is 4.72 Å². The van der Waals surface area contributed by atoms with E-state index < -0.39 is 69.7 Å². The number of hydrogen-bond acceptors (Lipinski definition) is 8. The molecule has 4 aromatic rings. The van der Waals surface area contributed by atoms with Gasteiger partial charge in [-0.25, -0.2) is 37.1 Å². The number of nitrogens with zero attached hydrogens (tertiary/aromatic N) is 4. The molecule has 2 unspecified atom stereocenters. The molecule has 1 fully saturated rings. The largest absolute Gasteiger partial charge is 0.435 e. The van der Waals surface area contributed by atoms with Crippen LogP contribution < -0.4 is 20.1 Å². The van der Waals surface area contributed by atoms with Crippen molar-refractivity contribution >= 4 is 17.2 Å². The molecule has 238 valence electrons. The molecule has 0 bridgehead atoms. The summed E-state index contributed by atoms with van der Waals surface area (Å²) in [5.41, 5.74) is -3.56. The van der Waals surface area contributed by atoms with Gasteiger partial charge in [0.1, 0.15) is 17.7 Å². The van der Waals surface area contributed by atoms with E-state index in [0.29, 0.717) is 12.6 Å². The maximum absolute atomic E-state index is 15.5. The zero-order chi connectivity index (χ0) is 32.3. The van der Waals surface area contributed by atoms with Crippen LogP contribution in [-0.4, -0.2) is 54.0 Å². The molecule has 0 spiro atoms. The molecule has 0 amide bonds. The van der Waals surface area contributed by atoms with E-state index in [0.717, 1.165) is 18.3 Å². The summed E-state index contributed by atoms with van der Waals surface area (Å²) < 4.78 is 129. The summed E-state index contributed by atoms with van der Waals surface area (Å²) in [6.07, 6.45) is -2.59. The molecule has 5 rings (SSSR count). The summed E-state index contributed by atoms with van der Waals surface area (Å²) >= 11 is -3.10. The molecule has 1 aromatic carbocycles. The zero-order valence-corrected chi connectivity index (χ0v) is 23.5. The van der Waals surface area contributed by atoms with Crippen LogP contribution in [0.25, 0.3) is 11.3 Å². The highest BCUT2D eigenvalue weighted by atomic mass is 32.2. The Morgan fingerprint density at radius 3 is 2.51 bits per heavy atom. The van der Waals surface area contributed by atoms with Crippen LogP contribution in [0.5, 0.6) is 11.6 Å². The van der Waals surface area contributed by atoms with Gasteiger partial charge in [-0.1, -0.05) is 6.07 Å². The lowest BCUT2D eigenvalue weighted by Gasteiger charge is -2.26. The van der Waals surface area contributed by atoms with Gasteiger partial charge in [-0.2, -0.15) is 17.6 Å². The second-order valence-corrected chi connectivity index (χ2v) is 10.4. The summed E-state index contributed by atoms with van der Waals surface area (Å²) in [4.78, 5) is 15.7. The molecule has 4 atom stereocenters. The van der Waals surface area contributed by atoms with Crippen molar-refractivity contribution < 1.29 is 44.2 Å². The summed E-state index contributed by atoms with van der Waals surface area (Å²) in [6.45, 7) is 0.689. The van der Waals surface area contributed by atoms with Gasteiger partial charge in [0.25, 0.3) is 0 Å². The number of nitrogens with one attached hydrogen (secondary N) is 3. The minimum atomic E-state index is -5.13. The summed E-state index contributed by atoms with van der Waals surface area (Å²) in [5.74, 6) is -6.69. The number of alkyl halides is 4. The first-order valence-electron chi connectivity index (χ1n) is 13.1. The monoisotopic (exact) mass is 657 g/mol. The highest BCUT2D eigenvalue weighted by Gasteiger charge is 2.39. The van der Waals surface area contributed by atoms with E-state index in [9.17, 15) is 26.3 Å². The third-order valence-electron chi connectivity index (χ3n) is 6.63. The zero-order valence-electron chi connectivity index (χ0n) is 22.7. The highest BCUT2D eigenvalue weighted by Crippen LogP contribution is 2.40. The third-order valence-corrected chi connectivity index (χ3v) is 7.06. The van der Waals surface area contributed by atoms with E-state index in [4.69, 9.17) is 4.74 Å². The van der Waals surface area contributed by atoms with Crippen molar-refractivity contribution in [2.45, 2.75) is 30.9 Å². The molecule has 4 N–H and O–H groups in total. The van der Waals surface area contributed by atoms with E-state index in [2.05, 4.69) is 30.6 Å². The van der Waals surface area contributed by atoms with E-state index in [1.165, 1.54) is 30.6 Å². The quantitative estimate of drug-likeness (QED) is 0.110. The van der Waals surface area contributed by atoms with Crippen LogP contribution in [0.1, 0.15) is 29.3 Å². The molecule has 1 aliphatic heterocycles. The van der Waals surface area contributed by atoms with Crippen LogP contribution in [0.4, 0.5) is 36.7 Å². The molecule has 4 heterocycles. The molecular formula is C27H22F7N7O3S. The molecule has 0 saturated carbocycles. The Labute approximate surface area is 252 Å². The minimum absolute atomic E-state index is 0.129. The van der Waals surface area contributed by atoms with Gasteiger partial charge in [0.15, 0.2) is 11.6 Å². The van der Waals surface area contributed by atoms with E-state index in [1.807, 2.05) is 0 Å². The van der Waals surface area contributed by atoms with Crippen molar-refractivity contribution in [2.24, 2.45) is 0 Å².